The number of hydrogen-bond acceptors (Lipinski definition) is 3. The molecular weight excluding hydrogens is 435 g/mol. The Labute approximate surface area is 167 Å². The van der Waals surface area contributed by atoms with E-state index in [2.05, 4.69) is 21.0 Å². The largest absolute Gasteiger partial charge is 0.250 e. The lowest BCUT2D eigenvalue weighted by Crippen LogP contribution is -2.16. The molecule has 0 aliphatic rings. The highest BCUT2D eigenvalue weighted by molar-refractivity contribution is 6.67. The van der Waals surface area contributed by atoms with Crippen molar-refractivity contribution < 1.29 is 0 Å². The lowest BCUT2D eigenvalue weighted by atomic mass is 10.1. The molecule has 9 heteroatoms. The van der Waals surface area contributed by atoms with E-state index < -0.39 is 7.59 Å². The molecule has 3 aromatic rings. The molecule has 0 saturated heterocycles. The number of fused-ring (bicyclic) bond motifs is 1. The maximum absolute atomic E-state index is 5.87. The zero-order valence-electron chi connectivity index (χ0n) is 11.6. The summed E-state index contributed by atoms with van der Waals surface area (Å²) in [6.07, 6.45) is 0. The number of rotatable bonds is 1. The van der Waals surface area contributed by atoms with Crippen LogP contribution in [-0.2, 0) is 7.59 Å². The summed E-state index contributed by atoms with van der Waals surface area (Å²) in [7, 11) is 0. The zero-order chi connectivity index (χ0) is 17.5. The van der Waals surface area contributed by atoms with E-state index >= 15 is 0 Å². The molecule has 2 aromatic carbocycles. The van der Waals surface area contributed by atoms with Gasteiger partial charge in [-0.3, -0.25) is 0 Å². The topological polar surface area (TPSA) is 38.7 Å². The van der Waals surface area contributed by atoms with Crippen LogP contribution in [0.15, 0.2) is 36.4 Å². The standard InChI is InChI=1S/C15H6Cl6N3/c16-14(17,18)12-22-11(23-13(24-12)15(19,20)21)10-6-5-8-3-1-2-4-9(8)7-10/h1-6H. The van der Waals surface area contributed by atoms with Crippen molar-refractivity contribution in [2.75, 3.05) is 0 Å². The van der Waals surface area contributed by atoms with Crippen LogP contribution < -0.4 is 0 Å². The van der Waals surface area contributed by atoms with Gasteiger partial charge in [0.05, 0.1) is 0 Å². The van der Waals surface area contributed by atoms with Gasteiger partial charge in [-0.05, 0) is 16.8 Å². The summed E-state index contributed by atoms with van der Waals surface area (Å²) >= 11 is 35.2. The Hall–Kier alpha value is -0.550. The number of aromatic nitrogens is 3. The van der Waals surface area contributed by atoms with Crippen LogP contribution >= 0.6 is 69.6 Å². The van der Waals surface area contributed by atoms with Crippen LogP contribution in [0.1, 0.15) is 11.6 Å². The first kappa shape index (κ1) is 18.2. The molecule has 0 spiro atoms. The highest BCUT2D eigenvalue weighted by atomic mass is 35.6. The Balaban J connectivity index is 2.21. The summed E-state index contributed by atoms with van der Waals surface area (Å²) in [5.74, 6) is -0.0841. The highest BCUT2D eigenvalue weighted by Gasteiger charge is 2.34. The fourth-order valence-electron chi connectivity index (χ4n) is 2.00. The van der Waals surface area contributed by atoms with Gasteiger partial charge >= 0.3 is 0 Å². The second-order valence-corrected chi connectivity index (χ2v) is 9.32. The third-order valence-electron chi connectivity index (χ3n) is 3.04. The third-order valence-corrected chi connectivity index (χ3v) is 4.06. The van der Waals surface area contributed by atoms with Crippen molar-refractivity contribution in [2.24, 2.45) is 0 Å². The minimum atomic E-state index is -1.89. The number of alkyl halides is 6. The van der Waals surface area contributed by atoms with Gasteiger partial charge in [0, 0.05) is 11.6 Å². The first-order chi connectivity index (χ1) is 11.1. The van der Waals surface area contributed by atoms with Crippen molar-refractivity contribution in [2.45, 2.75) is 7.59 Å². The molecule has 0 unspecified atom stereocenters. The molecule has 0 N–H and O–H groups in total. The lowest BCUT2D eigenvalue weighted by molar-refractivity contribution is 0.851. The molecular formula is C15H6Cl6N3. The molecule has 0 aliphatic carbocycles. The predicted octanol–water partition coefficient (Wildman–Crippen LogP) is 6.15. The fraction of sp³-hybridized carbons (Fsp3) is 0.133. The molecule has 24 heavy (non-hydrogen) atoms. The average Bonchev–Trinajstić information content (AvgIpc) is 2.52. The van der Waals surface area contributed by atoms with Crippen LogP contribution in [-0.4, -0.2) is 15.0 Å². The maximum Gasteiger partial charge on any atom is 0.250 e. The number of halogens is 6. The van der Waals surface area contributed by atoms with E-state index in [9.17, 15) is 0 Å². The molecule has 1 heterocycles. The van der Waals surface area contributed by atoms with Crippen molar-refractivity contribution in [3.63, 3.8) is 0 Å². The molecule has 0 aliphatic heterocycles. The van der Waals surface area contributed by atoms with Crippen molar-refractivity contribution >= 4 is 80.4 Å². The summed E-state index contributed by atoms with van der Waals surface area (Å²) in [4.78, 5) is 12.3. The molecule has 1 radical (unpaired) electrons. The smallest absolute Gasteiger partial charge is 0.209 e. The SMILES string of the molecule is ClC(Cl)(Cl)c1nc(-c2[c]c3ccccc3cc2)nc(C(Cl)(Cl)Cl)n1. The van der Waals surface area contributed by atoms with Crippen LogP contribution in [0.2, 0.25) is 0 Å². The first-order valence-electron chi connectivity index (χ1n) is 6.46. The second-order valence-electron chi connectivity index (χ2n) is 4.76. The van der Waals surface area contributed by atoms with Gasteiger partial charge in [0.1, 0.15) is 0 Å². The minimum absolute atomic E-state index is 0.139. The molecule has 0 amide bonds. The highest BCUT2D eigenvalue weighted by Crippen LogP contribution is 2.40. The Kier molecular flexibility index (Phi) is 5.05. The molecule has 3 nitrogen and oxygen atoms in total. The molecule has 0 fully saturated rings. The van der Waals surface area contributed by atoms with Crippen LogP contribution in [0.25, 0.3) is 22.2 Å². The number of hydrogen-bond donors (Lipinski definition) is 0. The van der Waals surface area contributed by atoms with E-state index in [4.69, 9.17) is 69.6 Å². The van der Waals surface area contributed by atoms with E-state index in [0.29, 0.717) is 5.56 Å². The molecule has 0 saturated carbocycles. The average molecular weight is 441 g/mol. The van der Waals surface area contributed by atoms with Gasteiger partial charge in [0.15, 0.2) is 17.5 Å². The van der Waals surface area contributed by atoms with Gasteiger partial charge in [0.25, 0.3) is 0 Å². The summed E-state index contributed by atoms with van der Waals surface area (Å²) in [6, 6.07) is 14.6. The minimum Gasteiger partial charge on any atom is -0.209 e. The van der Waals surface area contributed by atoms with E-state index in [1.165, 1.54) is 0 Å². The summed E-state index contributed by atoms with van der Waals surface area (Å²) in [5.41, 5.74) is 0.558. The van der Waals surface area contributed by atoms with Crippen molar-refractivity contribution in [3.05, 3.63) is 54.1 Å². The third kappa shape index (κ3) is 3.98. The van der Waals surface area contributed by atoms with E-state index in [0.717, 1.165) is 10.8 Å². The number of benzene rings is 2. The summed E-state index contributed by atoms with van der Waals surface area (Å²) in [6.45, 7) is 0. The van der Waals surface area contributed by atoms with Crippen molar-refractivity contribution in [1.29, 1.82) is 0 Å². The van der Waals surface area contributed by atoms with Crippen LogP contribution in [0, 0.1) is 6.07 Å². The lowest BCUT2D eigenvalue weighted by Gasteiger charge is -2.15. The monoisotopic (exact) mass is 438 g/mol. The maximum atomic E-state index is 5.87. The normalized spacial score (nSPS) is 12.6. The van der Waals surface area contributed by atoms with E-state index in [1.807, 2.05) is 30.3 Å². The van der Waals surface area contributed by atoms with Gasteiger partial charge in [-0.15, -0.1) is 0 Å². The molecule has 0 bridgehead atoms. The van der Waals surface area contributed by atoms with Crippen LogP contribution in [0.3, 0.4) is 0 Å². The first-order valence-corrected chi connectivity index (χ1v) is 8.73. The Morgan fingerprint density at radius 3 is 1.88 bits per heavy atom. The van der Waals surface area contributed by atoms with Crippen molar-refractivity contribution in [1.82, 2.24) is 15.0 Å². The predicted molar refractivity (Wildman–Crippen MR) is 100 cm³/mol. The molecule has 3 rings (SSSR count). The van der Waals surface area contributed by atoms with E-state index in [-0.39, 0.29) is 17.5 Å². The van der Waals surface area contributed by atoms with Gasteiger partial charge in [0.2, 0.25) is 7.59 Å². The quantitative estimate of drug-likeness (QED) is 0.426. The van der Waals surface area contributed by atoms with Crippen molar-refractivity contribution in [3.8, 4) is 11.4 Å². The fourth-order valence-corrected chi connectivity index (χ4v) is 2.50. The van der Waals surface area contributed by atoms with Gasteiger partial charge in [-0.25, -0.2) is 15.0 Å². The molecule has 123 valence electrons. The Morgan fingerprint density at radius 2 is 1.29 bits per heavy atom. The van der Waals surface area contributed by atoms with E-state index in [1.54, 1.807) is 6.07 Å². The van der Waals surface area contributed by atoms with Gasteiger partial charge in [-0.2, -0.15) is 0 Å². The molecule has 0 atom stereocenters. The summed E-state index contributed by atoms with van der Waals surface area (Å²) < 4.78 is -3.78. The number of nitrogens with zero attached hydrogens (tertiary/aromatic N) is 3. The Morgan fingerprint density at radius 1 is 0.708 bits per heavy atom. The molecule has 1 aromatic heterocycles. The van der Waals surface area contributed by atoms with Crippen LogP contribution in [0.4, 0.5) is 0 Å². The Bertz CT molecular complexity index is 869. The van der Waals surface area contributed by atoms with Gasteiger partial charge < -0.3 is 0 Å². The second kappa shape index (κ2) is 6.64. The zero-order valence-corrected chi connectivity index (χ0v) is 16.1. The van der Waals surface area contributed by atoms with Gasteiger partial charge in [-0.1, -0.05) is 99.9 Å². The van der Waals surface area contributed by atoms with Crippen LogP contribution in [0.5, 0.6) is 0 Å². The summed E-state index contributed by atoms with van der Waals surface area (Å²) in [5, 5.41) is 1.89.